The van der Waals surface area contributed by atoms with Crippen molar-refractivity contribution in [3.05, 3.63) is 41.0 Å². The number of hydrogen-bond donors (Lipinski definition) is 2. The van der Waals surface area contributed by atoms with Gasteiger partial charge < -0.3 is 10.1 Å². The van der Waals surface area contributed by atoms with Gasteiger partial charge in [-0.1, -0.05) is 37.6 Å². The van der Waals surface area contributed by atoms with Crippen LogP contribution in [0, 0.1) is 0 Å². The molecule has 6 heteroatoms. The number of carbonyl (C=O) groups excluding carboxylic acids is 1. The number of hydrogen-bond acceptors (Lipinski definition) is 3. The van der Waals surface area contributed by atoms with Gasteiger partial charge in [0.15, 0.2) is 5.82 Å². The number of nitrogens with zero attached hydrogens (tertiary/aromatic N) is 1. The van der Waals surface area contributed by atoms with Crippen molar-refractivity contribution in [2.24, 2.45) is 0 Å². The molecule has 5 nitrogen and oxygen atoms in total. The number of anilines is 1. The van der Waals surface area contributed by atoms with E-state index >= 15 is 0 Å². The Hall–Kier alpha value is -2.01. The molecule has 0 atom stereocenters. The van der Waals surface area contributed by atoms with Gasteiger partial charge in [-0.05, 0) is 18.1 Å². The molecular weight excluding hydrogens is 290 g/mol. The summed E-state index contributed by atoms with van der Waals surface area (Å²) in [7, 11) is 0. The summed E-state index contributed by atoms with van der Waals surface area (Å²) >= 11 is 5.96. The van der Waals surface area contributed by atoms with E-state index in [1.807, 2.05) is 18.2 Å². The van der Waals surface area contributed by atoms with E-state index in [1.54, 1.807) is 12.1 Å². The molecule has 1 heterocycles. The van der Waals surface area contributed by atoms with Crippen LogP contribution in [-0.4, -0.2) is 22.7 Å². The molecule has 2 N–H and O–H groups in total. The number of carbonyl (C=O) groups is 1. The zero-order chi connectivity index (χ0) is 15.2. The lowest BCUT2D eigenvalue weighted by atomic mass is 10.1. The van der Waals surface area contributed by atoms with Crippen LogP contribution in [0.4, 0.5) is 5.82 Å². The molecule has 2 rings (SSSR count). The Morgan fingerprint density at radius 3 is 2.86 bits per heavy atom. The van der Waals surface area contributed by atoms with Gasteiger partial charge in [0.2, 0.25) is 5.91 Å². The highest BCUT2D eigenvalue weighted by Gasteiger charge is 2.08. The summed E-state index contributed by atoms with van der Waals surface area (Å²) in [6, 6.07) is 9.00. The van der Waals surface area contributed by atoms with Gasteiger partial charge in [-0.15, -0.1) is 0 Å². The van der Waals surface area contributed by atoms with E-state index in [0.29, 0.717) is 22.5 Å². The van der Waals surface area contributed by atoms with Crippen LogP contribution >= 0.6 is 11.6 Å². The average molecular weight is 308 g/mol. The number of ether oxygens (including phenoxy) is 1. The van der Waals surface area contributed by atoms with Crippen LogP contribution < -0.4 is 10.1 Å². The van der Waals surface area contributed by atoms with Crippen molar-refractivity contribution in [3.8, 4) is 5.75 Å². The third-order valence-corrected chi connectivity index (χ3v) is 3.22. The summed E-state index contributed by atoms with van der Waals surface area (Å²) in [6.07, 6.45) is 0.231. The maximum Gasteiger partial charge on any atom is 0.229 e. The van der Waals surface area contributed by atoms with Crippen molar-refractivity contribution in [2.75, 3.05) is 11.9 Å². The monoisotopic (exact) mass is 307 g/mol. The summed E-state index contributed by atoms with van der Waals surface area (Å²) in [5.74, 6) is 1.30. The number of amides is 1. The molecule has 0 bridgehead atoms. The van der Waals surface area contributed by atoms with E-state index in [4.69, 9.17) is 16.3 Å². The molecule has 0 aliphatic heterocycles. The number of aromatic amines is 1. The highest BCUT2D eigenvalue weighted by atomic mass is 35.5. The van der Waals surface area contributed by atoms with E-state index in [0.717, 1.165) is 5.69 Å². The van der Waals surface area contributed by atoms with E-state index in [-0.39, 0.29) is 18.9 Å². The van der Waals surface area contributed by atoms with E-state index in [2.05, 4.69) is 29.4 Å². The lowest BCUT2D eigenvalue weighted by molar-refractivity contribution is -0.116. The van der Waals surface area contributed by atoms with Crippen LogP contribution in [0.1, 0.15) is 31.9 Å². The van der Waals surface area contributed by atoms with Gasteiger partial charge in [-0.25, -0.2) is 0 Å². The molecule has 0 saturated carbocycles. The topological polar surface area (TPSA) is 67.0 Å². The Morgan fingerprint density at radius 2 is 2.19 bits per heavy atom. The minimum absolute atomic E-state index is 0.149. The predicted octanol–water partition coefficient (Wildman–Crippen LogP) is 3.59. The second-order valence-corrected chi connectivity index (χ2v) is 5.35. The minimum atomic E-state index is -0.149. The molecule has 112 valence electrons. The quantitative estimate of drug-likeness (QED) is 0.857. The van der Waals surface area contributed by atoms with Gasteiger partial charge in [0.25, 0.3) is 0 Å². The van der Waals surface area contributed by atoms with E-state index in [9.17, 15) is 4.79 Å². The number of halogens is 1. The molecule has 0 fully saturated rings. The fourth-order valence-electron chi connectivity index (χ4n) is 1.72. The van der Waals surface area contributed by atoms with Gasteiger partial charge in [0.1, 0.15) is 5.75 Å². The highest BCUT2D eigenvalue weighted by Crippen LogP contribution is 2.23. The first-order valence-corrected chi connectivity index (χ1v) is 7.16. The molecule has 0 aliphatic rings. The van der Waals surface area contributed by atoms with Gasteiger partial charge in [0.05, 0.1) is 18.1 Å². The Labute approximate surface area is 128 Å². The Bertz CT molecular complexity index is 610. The smallest absolute Gasteiger partial charge is 0.229 e. The lowest BCUT2D eigenvalue weighted by Gasteiger charge is -2.07. The van der Waals surface area contributed by atoms with Crippen molar-refractivity contribution in [3.63, 3.8) is 0 Å². The van der Waals surface area contributed by atoms with Crippen molar-refractivity contribution >= 4 is 23.3 Å². The number of benzene rings is 1. The SMILES string of the molecule is CC(C)c1cc(NC(=O)CCOc2ccccc2Cl)n[nH]1. The molecule has 21 heavy (non-hydrogen) atoms. The van der Waals surface area contributed by atoms with Crippen LogP contribution in [0.3, 0.4) is 0 Å². The molecule has 0 radical (unpaired) electrons. The maximum atomic E-state index is 11.8. The lowest BCUT2D eigenvalue weighted by Crippen LogP contribution is -2.15. The van der Waals surface area contributed by atoms with Gasteiger partial charge in [-0.3, -0.25) is 9.89 Å². The fourth-order valence-corrected chi connectivity index (χ4v) is 1.91. The number of para-hydroxylation sites is 1. The van der Waals surface area contributed by atoms with Crippen molar-refractivity contribution in [1.82, 2.24) is 10.2 Å². The molecule has 2 aromatic rings. The molecule has 1 aromatic carbocycles. The molecule has 0 aliphatic carbocycles. The third-order valence-electron chi connectivity index (χ3n) is 2.91. The Morgan fingerprint density at radius 1 is 1.43 bits per heavy atom. The fraction of sp³-hybridized carbons (Fsp3) is 0.333. The summed E-state index contributed by atoms with van der Waals surface area (Å²) in [5.41, 5.74) is 0.984. The van der Waals surface area contributed by atoms with Crippen molar-refractivity contribution in [2.45, 2.75) is 26.2 Å². The first-order valence-electron chi connectivity index (χ1n) is 6.78. The third kappa shape index (κ3) is 4.49. The normalized spacial score (nSPS) is 10.7. The summed E-state index contributed by atoms with van der Waals surface area (Å²) in [6.45, 7) is 4.37. The standard InChI is InChI=1S/C15H18ClN3O2/c1-10(2)12-9-14(19-18-12)17-15(20)7-8-21-13-6-4-3-5-11(13)16/h3-6,9-10H,7-8H2,1-2H3,(H2,17,18,19,20). The number of rotatable bonds is 6. The van der Waals surface area contributed by atoms with Crippen LogP contribution in [0.2, 0.25) is 5.02 Å². The molecule has 0 unspecified atom stereocenters. The van der Waals surface area contributed by atoms with Crippen molar-refractivity contribution < 1.29 is 9.53 Å². The summed E-state index contributed by atoms with van der Waals surface area (Å²) in [4.78, 5) is 11.8. The van der Waals surface area contributed by atoms with Crippen LogP contribution in [0.25, 0.3) is 0 Å². The first-order chi connectivity index (χ1) is 10.1. The van der Waals surface area contributed by atoms with Crippen LogP contribution in [0.15, 0.2) is 30.3 Å². The zero-order valence-corrected chi connectivity index (χ0v) is 12.8. The highest BCUT2D eigenvalue weighted by molar-refractivity contribution is 6.32. The molecule has 0 spiro atoms. The van der Waals surface area contributed by atoms with E-state index in [1.165, 1.54) is 0 Å². The summed E-state index contributed by atoms with van der Waals surface area (Å²) < 4.78 is 5.47. The second-order valence-electron chi connectivity index (χ2n) is 4.94. The van der Waals surface area contributed by atoms with E-state index < -0.39 is 0 Å². The number of nitrogens with one attached hydrogen (secondary N) is 2. The van der Waals surface area contributed by atoms with Gasteiger partial charge in [-0.2, -0.15) is 5.10 Å². The second kappa shape index (κ2) is 7.13. The molecular formula is C15H18ClN3O2. The number of H-pyrrole nitrogens is 1. The van der Waals surface area contributed by atoms with Crippen molar-refractivity contribution in [1.29, 1.82) is 0 Å². The maximum absolute atomic E-state index is 11.8. The summed E-state index contributed by atoms with van der Waals surface area (Å²) in [5, 5.41) is 10.2. The Kier molecular flexibility index (Phi) is 5.22. The largest absolute Gasteiger partial charge is 0.491 e. The minimum Gasteiger partial charge on any atom is -0.491 e. The molecule has 1 aromatic heterocycles. The van der Waals surface area contributed by atoms with Gasteiger partial charge in [0, 0.05) is 11.8 Å². The Balaban J connectivity index is 1.78. The molecule has 0 saturated heterocycles. The van der Waals surface area contributed by atoms with Crippen LogP contribution in [0.5, 0.6) is 5.75 Å². The number of aromatic nitrogens is 2. The van der Waals surface area contributed by atoms with Gasteiger partial charge >= 0.3 is 0 Å². The zero-order valence-electron chi connectivity index (χ0n) is 12.0. The first kappa shape index (κ1) is 15.4. The average Bonchev–Trinajstić information content (AvgIpc) is 2.89. The van der Waals surface area contributed by atoms with Crippen LogP contribution in [-0.2, 0) is 4.79 Å². The predicted molar refractivity (Wildman–Crippen MR) is 82.9 cm³/mol. The molecule has 1 amide bonds.